The highest BCUT2D eigenvalue weighted by Gasteiger charge is 2.28. The Morgan fingerprint density at radius 3 is 2.62 bits per heavy atom. The second-order valence-electron chi connectivity index (χ2n) is 4.64. The van der Waals surface area contributed by atoms with Crippen molar-refractivity contribution in [1.82, 2.24) is 0 Å². The number of halogens is 2. The Morgan fingerprint density at radius 2 is 2.04 bits per heavy atom. The van der Waals surface area contributed by atoms with Crippen molar-refractivity contribution in [3.05, 3.63) is 28.2 Å². The van der Waals surface area contributed by atoms with E-state index in [2.05, 4.69) is 4.72 Å². The van der Waals surface area contributed by atoms with Crippen molar-refractivity contribution >= 4 is 45.1 Å². The average molecular weight is 394 g/mol. The molecule has 2 aromatic rings. The molecule has 0 saturated carbocycles. The van der Waals surface area contributed by atoms with Crippen LogP contribution in [0.1, 0.15) is 13.8 Å². The number of hydrogen-bond acceptors (Lipinski definition) is 6. The molecule has 0 radical (unpaired) electrons. The highest BCUT2D eigenvalue weighted by atomic mass is 35.5. The number of hydrogen-bond donors (Lipinski definition) is 2. The van der Waals surface area contributed by atoms with E-state index in [1.165, 1.54) is 19.1 Å². The summed E-state index contributed by atoms with van der Waals surface area (Å²) < 4.78 is 35.8. The Bertz CT molecular complexity index is 891. The van der Waals surface area contributed by atoms with Gasteiger partial charge in [0, 0.05) is 12.5 Å². The fraction of sp³-hybridized carbons (Fsp3) is 0.214. The van der Waals surface area contributed by atoms with E-state index in [1.807, 2.05) is 0 Å². The van der Waals surface area contributed by atoms with Crippen molar-refractivity contribution in [1.29, 1.82) is 0 Å². The summed E-state index contributed by atoms with van der Waals surface area (Å²) in [6, 6.07) is 4.59. The predicted octanol–water partition coefficient (Wildman–Crippen LogP) is 3.65. The van der Waals surface area contributed by atoms with Gasteiger partial charge in [0.05, 0.1) is 15.8 Å². The lowest BCUT2D eigenvalue weighted by Gasteiger charge is -2.04. The molecule has 24 heavy (non-hydrogen) atoms. The number of carbonyl (C=O) groups excluding carboxylic acids is 1. The quantitative estimate of drug-likeness (QED) is 0.750. The van der Waals surface area contributed by atoms with E-state index in [4.69, 9.17) is 32.4 Å². The highest BCUT2D eigenvalue weighted by molar-refractivity contribution is 7.92. The zero-order valence-electron chi connectivity index (χ0n) is 12.6. The number of nitrogens with one attached hydrogen (secondary N) is 1. The van der Waals surface area contributed by atoms with Gasteiger partial charge < -0.3 is 14.3 Å². The van der Waals surface area contributed by atoms with Crippen molar-refractivity contribution in [2.45, 2.75) is 13.8 Å². The minimum Gasteiger partial charge on any atom is -0.502 e. The van der Waals surface area contributed by atoms with Crippen LogP contribution in [-0.2, 0) is 14.8 Å². The van der Waals surface area contributed by atoms with Crippen LogP contribution < -0.4 is 9.46 Å². The van der Waals surface area contributed by atoms with Gasteiger partial charge in [-0.05, 0) is 19.1 Å². The first-order valence-electron chi connectivity index (χ1n) is 6.65. The van der Waals surface area contributed by atoms with Crippen LogP contribution in [0.5, 0.6) is 11.5 Å². The van der Waals surface area contributed by atoms with Crippen LogP contribution in [0.2, 0.25) is 10.0 Å². The first kappa shape index (κ1) is 18.4. The fourth-order valence-electron chi connectivity index (χ4n) is 1.79. The van der Waals surface area contributed by atoms with Gasteiger partial charge in [-0.1, -0.05) is 29.3 Å². The van der Waals surface area contributed by atoms with Crippen LogP contribution in [0, 0.1) is 0 Å². The van der Waals surface area contributed by atoms with E-state index in [0.717, 1.165) is 6.92 Å². The topological polar surface area (TPSA) is 106 Å². The molecule has 1 heterocycles. The second-order valence-corrected chi connectivity index (χ2v) is 7.43. The van der Waals surface area contributed by atoms with Crippen molar-refractivity contribution < 1.29 is 27.5 Å². The smallest absolute Gasteiger partial charge is 0.308 e. The Morgan fingerprint density at radius 1 is 1.38 bits per heavy atom. The zero-order valence-corrected chi connectivity index (χ0v) is 14.9. The first-order chi connectivity index (χ1) is 11.2. The van der Waals surface area contributed by atoms with Crippen molar-refractivity contribution in [3.63, 3.8) is 0 Å². The van der Waals surface area contributed by atoms with Crippen LogP contribution in [0.25, 0.3) is 11.3 Å². The van der Waals surface area contributed by atoms with E-state index in [1.54, 1.807) is 6.07 Å². The number of rotatable bonds is 5. The lowest BCUT2D eigenvalue weighted by molar-refractivity contribution is -0.131. The SMILES string of the molecule is CCS(=O)(=O)Nc1oc(-c2cccc(Cl)c2Cl)c(O)c1OC(C)=O. The number of ether oxygens (including phenoxy) is 1. The van der Waals surface area contributed by atoms with Gasteiger partial charge in [-0.3, -0.25) is 4.79 Å². The highest BCUT2D eigenvalue weighted by Crippen LogP contribution is 2.48. The van der Waals surface area contributed by atoms with Crippen molar-refractivity contribution in [2.24, 2.45) is 0 Å². The summed E-state index contributed by atoms with van der Waals surface area (Å²) in [4.78, 5) is 11.2. The normalized spacial score (nSPS) is 11.3. The van der Waals surface area contributed by atoms with E-state index < -0.39 is 33.4 Å². The molecule has 0 bridgehead atoms. The Labute approximate surface area is 148 Å². The van der Waals surface area contributed by atoms with E-state index in [9.17, 15) is 18.3 Å². The third-order valence-electron chi connectivity index (χ3n) is 2.91. The van der Waals surface area contributed by atoms with Gasteiger partial charge in [-0.25, -0.2) is 13.1 Å². The second kappa shape index (κ2) is 6.92. The van der Waals surface area contributed by atoms with Crippen molar-refractivity contribution in [2.75, 3.05) is 10.5 Å². The lowest BCUT2D eigenvalue weighted by Crippen LogP contribution is -2.15. The molecule has 1 aromatic carbocycles. The summed E-state index contributed by atoms with van der Waals surface area (Å²) in [5, 5.41) is 10.6. The number of carbonyl (C=O) groups is 1. The largest absolute Gasteiger partial charge is 0.502 e. The molecule has 0 atom stereocenters. The maximum atomic E-state index is 11.7. The van der Waals surface area contributed by atoms with Crippen LogP contribution in [0.4, 0.5) is 5.88 Å². The minimum absolute atomic E-state index is 0.0856. The summed E-state index contributed by atoms with van der Waals surface area (Å²) in [6.45, 7) is 2.50. The summed E-state index contributed by atoms with van der Waals surface area (Å²) >= 11 is 12.0. The van der Waals surface area contributed by atoms with Gasteiger partial charge in [0.1, 0.15) is 0 Å². The lowest BCUT2D eigenvalue weighted by atomic mass is 10.1. The number of esters is 1. The summed E-state index contributed by atoms with van der Waals surface area (Å²) in [5.41, 5.74) is 0.206. The maximum Gasteiger partial charge on any atom is 0.308 e. The van der Waals surface area contributed by atoms with Gasteiger partial charge in [0.2, 0.25) is 21.5 Å². The molecule has 130 valence electrons. The Hall–Kier alpha value is -1.90. The van der Waals surface area contributed by atoms with Crippen LogP contribution in [0.3, 0.4) is 0 Å². The summed E-state index contributed by atoms with van der Waals surface area (Å²) in [7, 11) is -3.74. The molecule has 0 aliphatic carbocycles. The van der Waals surface area contributed by atoms with Gasteiger partial charge in [0.25, 0.3) is 5.88 Å². The van der Waals surface area contributed by atoms with Crippen LogP contribution >= 0.6 is 23.2 Å². The van der Waals surface area contributed by atoms with E-state index in [0.29, 0.717) is 0 Å². The summed E-state index contributed by atoms with van der Waals surface area (Å²) in [5.74, 6) is -2.68. The third kappa shape index (κ3) is 3.77. The molecule has 2 N–H and O–H groups in total. The average Bonchev–Trinajstić information content (AvgIpc) is 2.78. The molecule has 0 aliphatic rings. The molecule has 10 heteroatoms. The number of aromatic hydroxyl groups is 1. The Balaban J connectivity index is 2.64. The molecule has 7 nitrogen and oxygen atoms in total. The molecule has 0 saturated heterocycles. The standard InChI is InChI=1S/C14H13Cl2NO6S/c1-3-24(20,21)17-14-13(22-7(2)18)11(19)12(23-14)8-5-4-6-9(15)10(8)16/h4-6,17,19H,3H2,1-2H3. The monoisotopic (exact) mass is 393 g/mol. The fourth-order valence-corrected chi connectivity index (χ4v) is 2.74. The van der Waals surface area contributed by atoms with E-state index in [-0.39, 0.29) is 27.1 Å². The molecule has 0 aliphatic heterocycles. The first-order valence-corrected chi connectivity index (χ1v) is 9.06. The number of benzene rings is 1. The van der Waals surface area contributed by atoms with Gasteiger partial charge >= 0.3 is 5.97 Å². The molecule has 0 unspecified atom stereocenters. The number of anilines is 1. The van der Waals surface area contributed by atoms with Crippen LogP contribution in [0.15, 0.2) is 22.6 Å². The van der Waals surface area contributed by atoms with Gasteiger partial charge in [-0.15, -0.1) is 0 Å². The predicted molar refractivity (Wildman–Crippen MR) is 90.2 cm³/mol. The van der Waals surface area contributed by atoms with Crippen LogP contribution in [-0.4, -0.2) is 25.2 Å². The number of furan rings is 1. The zero-order chi connectivity index (χ0) is 18.1. The van der Waals surface area contributed by atoms with Gasteiger partial charge in [-0.2, -0.15) is 0 Å². The molecule has 0 spiro atoms. The maximum absolute atomic E-state index is 11.7. The minimum atomic E-state index is -3.74. The molecule has 1 aromatic heterocycles. The molecule has 0 fully saturated rings. The molecular weight excluding hydrogens is 381 g/mol. The van der Waals surface area contributed by atoms with E-state index >= 15 is 0 Å². The number of sulfonamides is 1. The molecular formula is C14H13Cl2NO6S. The summed E-state index contributed by atoms with van der Waals surface area (Å²) in [6.07, 6.45) is 0. The Kier molecular flexibility index (Phi) is 5.32. The molecule has 0 amide bonds. The molecule has 2 rings (SSSR count). The van der Waals surface area contributed by atoms with Crippen molar-refractivity contribution in [3.8, 4) is 22.8 Å². The van der Waals surface area contributed by atoms with Gasteiger partial charge in [0.15, 0.2) is 5.76 Å². The third-order valence-corrected chi connectivity index (χ3v) is 4.99.